The van der Waals surface area contributed by atoms with Crippen molar-refractivity contribution in [2.45, 2.75) is 42.4 Å². The predicted molar refractivity (Wildman–Crippen MR) is 166 cm³/mol. The van der Waals surface area contributed by atoms with Crippen LogP contribution in [0.25, 0.3) is 32.9 Å². The molecule has 8 rings (SSSR count). The van der Waals surface area contributed by atoms with E-state index in [4.69, 9.17) is 36.0 Å². The Kier molecular flexibility index (Phi) is 6.22. The second-order valence-electron chi connectivity index (χ2n) is 12.2. The summed E-state index contributed by atoms with van der Waals surface area (Å²) in [5, 5.41) is 0.747. The summed E-state index contributed by atoms with van der Waals surface area (Å²) >= 11 is 6.64. The maximum atomic E-state index is 16.9. The minimum Gasteiger partial charge on any atom is -0.461 e. The van der Waals surface area contributed by atoms with E-state index in [0.717, 1.165) is 0 Å². The molecular formula is C33H30ClF3N6O2. The molecule has 3 aliphatic heterocycles. The largest absolute Gasteiger partial charge is 0.461 e. The molecule has 2 aromatic carbocycles. The van der Waals surface area contributed by atoms with Gasteiger partial charge in [-0.05, 0) is 43.0 Å². The molecule has 0 unspecified atom stereocenters. The number of nitrogens with zero attached hydrogens (tertiary/aromatic N) is 5. The maximum Gasteiger partial charge on any atom is 0.319 e. The van der Waals surface area contributed by atoms with Crippen LogP contribution in [0.15, 0.2) is 30.5 Å². The van der Waals surface area contributed by atoms with E-state index in [1.807, 2.05) is 4.90 Å². The number of rotatable bonds is 5. The lowest BCUT2D eigenvalue weighted by Gasteiger charge is -2.31. The van der Waals surface area contributed by atoms with Crippen LogP contribution in [-0.4, -0.2) is 82.4 Å². The van der Waals surface area contributed by atoms with Gasteiger partial charge in [0, 0.05) is 48.3 Å². The van der Waals surface area contributed by atoms with Gasteiger partial charge in [0.05, 0.1) is 43.9 Å². The van der Waals surface area contributed by atoms with Gasteiger partial charge in [-0.15, -0.1) is 18.0 Å². The lowest BCUT2D eigenvalue weighted by Crippen LogP contribution is -2.43. The number of nitrogen functional groups attached to an aromatic ring is 1. The number of pyridine rings is 1. The van der Waals surface area contributed by atoms with E-state index in [-0.39, 0.29) is 74.9 Å². The third-order valence-corrected chi connectivity index (χ3v) is 10.1. The van der Waals surface area contributed by atoms with E-state index in [2.05, 4.69) is 20.9 Å². The standard InChI is InChI=1S/C33H30ClF3N6O2/c1-2-20-24(36)5-4-17-10-19(38)11-21(25(17)20)28-27(37)29-22(13-39-28)31(43-8-9-44-15-23-26(34)30(23)43)41-32(40-29)45-16-33-6-3-7-42(33)14-18(35)12-33/h1,4-5,10-11,13,18,23,26,30H,3,6-9,12,14-16,38H2/t18-,23+,26+,30+,33+/m1/s1/i16D2. The number of ether oxygens (including phenoxy) is 2. The third kappa shape index (κ3) is 4.56. The van der Waals surface area contributed by atoms with Crippen molar-refractivity contribution < 1.29 is 25.4 Å². The highest BCUT2D eigenvalue weighted by molar-refractivity contribution is 6.24. The number of benzene rings is 2. The Bertz CT molecular complexity index is 2000. The molecule has 4 aromatic rings. The average Bonchev–Trinajstić information content (AvgIpc) is 3.39. The van der Waals surface area contributed by atoms with Crippen LogP contribution in [0.5, 0.6) is 6.01 Å². The van der Waals surface area contributed by atoms with Crippen molar-refractivity contribution in [3.63, 3.8) is 0 Å². The van der Waals surface area contributed by atoms with Gasteiger partial charge in [0.2, 0.25) is 0 Å². The number of alkyl halides is 2. The van der Waals surface area contributed by atoms with Crippen molar-refractivity contribution in [3.05, 3.63) is 47.7 Å². The summed E-state index contributed by atoms with van der Waals surface area (Å²) in [6.07, 6.45) is 6.93. The predicted octanol–water partition coefficient (Wildman–Crippen LogP) is 5.08. The molecule has 4 fully saturated rings. The molecule has 12 heteroatoms. The zero-order chi connectivity index (χ0) is 32.8. The second kappa shape index (κ2) is 10.6. The molecule has 45 heavy (non-hydrogen) atoms. The van der Waals surface area contributed by atoms with Crippen molar-refractivity contribution in [3.8, 4) is 29.6 Å². The molecule has 1 aliphatic carbocycles. The van der Waals surface area contributed by atoms with Gasteiger partial charge >= 0.3 is 6.01 Å². The second-order valence-corrected chi connectivity index (χ2v) is 12.7. The Labute approximate surface area is 265 Å². The zero-order valence-electron chi connectivity index (χ0n) is 26.1. The molecule has 2 N–H and O–H groups in total. The first-order chi connectivity index (χ1) is 22.5. The molecule has 1 saturated carbocycles. The van der Waals surface area contributed by atoms with Crippen LogP contribution in [0.2, 0.25) is 0 Å². The van der Waals surface area contributed by atoms with Gasteiger partial charge < -0.3 is 20.1 Å². The van der Waals surface area contributed by atoms with Gasteiger partial charge in [0.1, 0.15) is 35.6 Å². The first kappa shape index (κ1) is 26.4. The van der Waals surface area contributed by atoms with Gasteiger partial charge in [-0.3, -0.25) is 9.88 Å². The fraction of sp³-hybridized carbons (Fsp3) is 0.424. The van der Waals surface area contributed by atoms with Crippen LogP contribution >= 0.6 is 11.6 Å². The molecule has 4 aliphatic rings. The monoisotopic (exact) mass is 636 g/mol. The van der Waals surface area contributed by atoms with Crippen molar-refractivity contribution >= 4 is 44.8 Å². The summed E-state index contributed by atoms with van der Waals surface area (Å²) in [4.78, 5) is 17.2. The highest BCUT2D eigenvalue weighted by Gasteiger charge is 2.55. The van der Waals surface area contributed by atoms with Crippen LogP contribution in [0.1, 0.15) is 27.6 Å². The average molecular weight is 637 g/mol. The maximum absolute atomic E-state index is 16.9. The SMILES string of the molecule is [2H]C([2H])(Oc1nc(N2CCOC[C@H]3[C@H](Cl)[C@H]32)c2cnc(-c3cc(N)cc4ccc(F)c(C#C)c34)c(F)c2n1)[C@@]12CCCN1C[C@H](F)C2. The summed E-state index contributed by atoms with van der Waals surface area (Å²) in [5.74, 6) is 1.09. The van der Waals surface area contributed by atoms with E-state index >= 15 is 4.39 Å². The molecular weight excluding hydrogens is 605 g/mol. The Morgan fingerprint density at radius 2 is 2.13 bits per heavy atom. The minimum atomic E-state index is -2.41. The topological polar surface area (TPSA) is 89.6 Å². The van der Waals surface area contributed by atoms with Crippen molar-refractivity contribution in [2.24, 2.45) is 5.92 Å². The van der Waals surface area contributed by atoms with Crippen LogP contribution in [0, 0.1) is 29.9 Å². The van der Waals surface area contributed by atoms with Crippen molar-refractivity contribution in [1.29, 1.82) is 0 Å². The van der Waals surface area contributed by atoms with E-state index in [1.54, 1.807) is 11.0 Å². The number of hydrogen-bond acceptors (Lipinski definition) is 8. The van der Waals surface area contributed by atoms with Crippen LogP contribution < -0.4 is 15.4 Å². The number of terminal acetylenes is 1. The molecule has 0 radical (unpaired) electrons. The number of halogens is 4. The Balaban J connectivity index is 1.32. The van der Waals surface area contributed by atoms with Crippen LogP contribution in [-0.2, 0) is 4.74 Å². The van der Waals surface area contributed by atoms with E-state index in [9.17, 15) is 8.78 Å². The smallest absolute Gasteiger partial charge is 0.319 e. The lowest BCUT2D eigenvalue weighted by atomic mass is 9.95. The van der Waals surface area contributed by atoms with Gasteiger partial charge in [0.25, 0.3) is 0 Å². The number of hydrogen-bond donors (Lipinski definition) is 1. The summed E-state index contributed by atoms with van der Waals surface area (Å²) in [7, 11) is 0. The molecule has 0 amide bonds. The molecule has 0 spiro atoms. The molecule has 5 atom stereocenters. The van der Waals surface area contributed by atoms with Gasteiger partial charge in [-0.2, -0.15) is 9.97 Å². The number of nitrogens with two attached hydrogens (primary N) is 1. The Morgan fingerprint density at radius 1 is 1.27 bits per heavy atom. The fourth-order valence-corrected chi connectivity index (χ4v) is 7.81. The Hall–Kier alpha value is -3.85. The first-order valence-electron chi connectivity index (χ1n) is 15.9. The normalized spacial score (nSPS) is 28.7. The number of anilines is 2. The summed E-state index contributed by atoms with van der Waals surface area (Å²) in [6, 6.07) is 5.22. The van der Waals surface area contributed by atoms with Crippen molar-refractivity contribution in [1.82, 2.24) is 19.9 Å². The van der Waals surface area contributed by atoms with E-state index in [1.165, 1.54) is 24.4 Å². The quantitative estimate of drug-likeness (QED) is 0.184. The van der Waals surface area contributed by atoms with E-state index < -0.39 is 35.9 Å². The minimum absolute atomic E-state index is 0.0127. The van der Waals surface area contributed by atoms with Crippen LogP contribution in [0.3, 0.4) is 0 Å². The lowest BCUT2D eigenvalue weighted by molar-refractivity contribution is 0.107. The highest BCUT2D eigenvalue weighted by atomic mass is 35.5. The summed E-state index contributed by atoms with van der Waals surface area (Å²) in [5.41, 5.74) is 4.95. The summed E-state index contributed by atoms with van der Waals surface area (Å²) in [6.45, 7) is -0.570. The molecule has 5 heterocycles. The number of fused-ring (bicyclic) bond motifs is 4. The fourth-order valence-electron chi connectivity index (χ4n) is 7.35. The van der Waals surface area contributed by atoms with Crippen LogP contribution in [0.4, 0.5) is 24.7 Å². The third-order valence-electron chi connectivity index (χ3n) is 9.52. The molecule has 2 aromatic heterocycles. The zero-order valence-corrected chi connectivity index (χ0v) is 24.8. The first-order valence-corrected chi connectivity index (χ1v) is 15.4. The molecule has 232 valence electrons. The van der Waals surface area contributed by atoms with Gasteiger partial charge in [0.15, 0.2) is 5.82 Å². The molecule has 3 saturated heterocycles. The summed E-state index contributed by atoms with van der Waals surface area (Å²) < 4.78 is 76.2. The number of aromatic nitrogens is 3. The molecule has 0 bridgehead atoms. The molecule has 8 nitrogen and oxygen atoms in total. The highest BCUT2D eigenvalue weighted by Crippen LogP contribution is 2.47. The van der Waals surface area contributed by atoms with Gasteiger partial charge in [-0.1, -0.05) is 12.0 Å². The van der Waals surface area contributed by atoms with E-state index in [0.29, 0.717) is 44.5 Å². The van der Waals surface area contributed by atoms with Gasteiger partial charge in [-0.25, -0.2) is 13.2 Å². The van der Waals surface area contributed by atoms with Crippen molar-refractivity contribution in [2.75, 3.05) is 50.0 Å². The Morgan fingerprint density at radius 3 is 2.98 bits per heavy atom.